The van der Waals surface area contributed by atoms with E-state index >= 15 is 0 Å². The lowest BCUT2D eigenvalue weighted by molar-refractivity contribution is -0.0623. The molecule has 0 aliphatic carbocycles. The van der Waals surface area contributed by atoms with Gasteiger partial charge in [0.25, 0.3) is 0 Å². The number of hydrogen-bond acceptors (Lipinski definition) is 2. The van der Waals surface area contributed by atoms with Crippen LogP contribution in [0, 0.1) is 0 Å². The minimum absolute atomic E-state index is 0.396. The Morgan fingerprint density at radius 3 is 2.29 bits per heavy atom. The van der Waals surface area contributed by atoms with Gasteiger partial charge in [0.05, 0.1) is 0 Å². The molecule has 0 heterocycles. The summed E-state index contributed by atoms with van der Waals surface area (Å²) in [5.41, 5.74) is 5.41. The molecule has 0 saturated heterocycles. The largest absolute Gasteiger partial charge is 0.449 e. The van der Waals surface area contributed by atoms with E-state index in [4.69, 9.17) is 5.73 Å². The maximum absolute atomic E-state index is 12.2. The highest BCUT2D eigenvalue weighted by Crippen LogP contribution is 2.16. The first-order chi connectivity index (χ1) is 6.29. The third-order valence-electron chi connectivity index (χ3n) is 1.64. The van der Waals surface area contributed by atoms with Crippen molar-refractivity contribution in [2.75, 3.05) is 0 Å². The highest BCUT2D eigenvalue weighted by molar-refractivity contribution is 5.88. The summed E-state index contributed by atoms with van der Waals surface area (Å²) in [7, 11) is 0. The molecule has 0 saturated carbocycles. The van der Waals surface area contributed by atoms with Gasteiger partial charge in [-0.1, -0.05) is 6.58 Å². The fourth-order valence-corrected chi connectivity index (χ4v) is 0.631. The molecule has 0 aliphatic rings. The van der Waals surface area contributed by atoms with Crippen LogP contribution in [0.5, 0.6) is 0 Å². The van der Waals surface area contributed by atoms with Crippen molar-refractivity contribution < 1.29 is 13.2 Å². The van der Waals surface area contributed by atoms with Crippen molar-refractivity contribution in [2.24, 2.45) is 10.7 Å². The van der Waals surface area contributed by atoms with Gasteiger partial charge >= 0.3 is 6.18 Å². The lowest BCUT2D eigenvalue weighted by Crippen LogP contribution is -2.48. The first-order valence-corrected chi connectivity index (χ1v) is 4.07. The number of aliphatic imine (C=N–C) groups is 1. The number of nitrogens with two attached hydrogens (primary N) is 1. The summed E-state index contributed by atoms with van der Waals surface area (Å²) in [4.78, 5) is 3.11. The number of amidine groups is 1. The third-order valence-corrected chi connectivity index (χ3v) is 1.64. The average Bonchev–Trinajstić information content (AvgIpc) is 2.01. The molecule has 0 bridgehead atoms. The van der Waals surface area contributed by atoms with Gasteiger partial charge in [-0.25, -0.2) is 4.99 Å². The highest BCUT2D eigenvalue weighted by atomic mass is 19.4. The van der Waals surface area contributed by atoms with E-state index in [1.54, 1.807) is 13.8 Å². The van der Waals surface area contributed by atoms with Crippen molar-refractivity contribution in [2.45, 2.75) is 32.1 Å². The molecule has 0 aromatic heterocycles. The zero-order chi connectivity index (χ0) is 11.4. The predicted molar refractivity (Wildman–Crippen MR) is 49.9 cm³/mol. The number of halogens is 3. The minimum atomic E-state index is -4.50. The number of rotatable bonds is 3. The van der Waals surface area contributed by atoms with Crippen LogP contribution < -0.4 is 11.1 Å². The predicted octanol–water partition coefficient (Wildman–Crippen LogP) is 1.42. The van der Waals surface area contributed by atoms with E-state index in [0.29, 0.717) is 0 Å². The van der Waals surface area contributed by atoms with Gasteiger partial charge in [-0.2, -0.15) is 13.2 Å². The Morgan fingerprint density at radius 2 is 2.00 bits per heavy atom. The summed E-state index contributed by atoms with van der Waals surface area (Å²) in [6.45, 7) is 6.27. The molecule has 14 heavy (non-hydrogen) atoms. The smallest absolute Gasteiger partial charge is 0.362 e. The van der Waals surface area contributed by atoms with E-state index < -0.39 is 24.1 Å². The summed E-state index contributed by atoms with van der Waals surface area (Å²) in [6, 6.07) is -0.900. The quantitative estimate of drug-likeness (QED) is 0.545. The van der Waals surface area contributed by atoms with Gasteiger partial charge < -0.3 is 11.1 Å². The van der Waals surface area contributed by atoms with Crippen LogP contribution in [-0.4, -0.2) is 24.1 Å². The molecule has 0 aromatic carbocycles. The van der Waals surface area contributed by atoms with Gasteiger partial charge in [0, 0.05) is 18.3 Å². The molecule has 6 heteroatoms. The standard InChI is InChI=1S/C8H14F3N3/c1-4-13-7(8(9,10)11)14-6(3)5(2)12/h4-6H,1,12H2,2-3H3,(H,13,14)/t5-,6?/m1/s1. The summed E-state index contributed by atoms with van der Waals surface area (Å²) in [5, 5.41) is 2.19. The van der Waals surface area contributed by atoms with E-state index in [0.717, 1.165) is 6.20 Å². The molecular formula is C8H14F3N3. The lowest BCUT2D eigenvalue weighted by atomic mass is 10.2. The van der Waals surface area contributed by atoms with Crippen molar-refractivity contribution in [1.29, 1.82) is 0 Å². The fourth-order valence-electron chi connectivity index (χ4n) is 0.631. The Balaban J connectivity index is 4.56. The second-order valence-electron chi connectivity index (χ2n) is 2.95. The van der Waals surface area contributed by atoms with Crippen LogP contribution in [0.15, 0.2) is 17.8 Å². The van der Waals surface area contributed by atoms with Crippen molar-refractivity contribution in [3.8, 4) is 0 Å². The molecule has 82 valence electrons. The Labute approximate surface area is 80.9 Å². The van der Waals surface area contributed by atoms with Gasteiger partial charge in [0.15, 0.2) is 0 Å². The van der Waals surface area contributed by atoms with Gasteiger partial charge in [-0.3, -0.25) is 0 Å². The first kappa shape index (κ1) is 13.0. The molecule has 0 spiro atoms. The van der Waals surface area contributed by atoms with Crippen molar-refractivity contribution >= 4 is 5.84 Å². The maximum Gasteiger partial charge on any atom is 0.449 e. The van der Waals surface area contributed by atoms with Crippen molar-refractivity contribution in [3.05, 3.63) is 12.8 Å². The Kier molecular flexibility index (Phi) is 4.62. The highest BCUT2D eigenvalue weighted by Gasteiger charge is 2.36. The molecular weight excluding hydrogens is 195 g/mol. The van der Waals surface area contributed by atoms with E-state index in [-0.39, 0.29) is 0 Å². The number of nitrogens with zero attached hydrogens (tertiary/aromatic N) is 1. The Bertz CT molecular complexity index is 220. The molecule has 3 nitrogen and oxygen atoms in total. The van der Waals surface area contributed by atoms with Crippen LogP contribution >= 0.6 is 0 Å². The lowest BCUT2D eigenvalue weighted by Gasteiger charge is -2.20. The maximum atomic E-state index is 12.2. The summed E-state index contributed by atoms with van der Waals surface area (Å²) >= 11 is 0. The average molecular weight is 209 g/mol. The van der Waals surface area contributed by atoms with E-state index in [1.165, 1.54) is 0 Å². The third kappa shape index (κ3) is 4.27. The Morgan fingerprint density at radius 1 is 1.50 bits per heavy atom. The molecule has 0 aliphatic heterocycles. The van der Waals surface area contributed by atoms with E-state index in [2.05, 4.69) is 16.9 Å². The number of alkyl halides is 3. The SMILES string of the molecule is C=C/N=C(\NC(C)[C@@H](C)N)C(F)(F)F. The van der Waals surface area contributed by atoms with Crippen LogP contribution in [0.1, 0.15) is 13.8 Å². The summed E-state index contributed by atoms with van der Waals surface area (Å²) < 4.78 is 36.7. The second-order valence-corrected chi connectivity index (χ2v) is 2.95. The van der Waals surface area contributed by atoms with Crippen LogP contribution in [0.3, 0.4) is 0 Å². The van der Waals surface area contributed by atoms with Gasteiger partial charge in [0.1, 0.15) is 0 Å². The van der Waals surface area contributed by atoms with Crippen LogP contribution in [0.4, 0.5) is 13.2 Å². The van der Waals surface area contributed by atoms with Crippen molar-refractivity contribution in [1.82, 2.24) is 5.32 Å². The molecule has 3 N–H and O–H groups in total. The van der Waals surface area contributed by atoms with E-state index in [9.17, 15) is 13.2 Å². The Hall–Kier alpha value is -1.04. The second kappa shape index (κ2) is 4.99. The first-order valence-electron chi connectivity index (χ1n) is 4.07. The molecule has 0 fully saturated rings. The van der Waals surface area contributed by atoms with Crippen LogP contribution in [0.25, 0.3) is 0 Å². The fraction of sp³-hybridized carbons (Fsp3) is 0.625. The van der Waals surface area contributed by atoms with Crippen LogP contribution in [-0.2, 0) is 0 Å². The summed E-state index contributed by atoms with van der Waals surface area (Å²) in [6.07, 6.45) is -3.67. The molecule has 0 aromatic rings. The molecule has 2 atom stereocenters. The van der Waals surface area contributed by atoms with Gasteiger partial charge in [-0.05, 0) is 13.8 Å². The zero-order valence-electron chi connectivity index (χ0n) is 8.10. The summed E-state index contributed by atoms with van der Waals surface area (Å²) in [5.74, 6) is -1.07. The zero-order valence-corrected chi connectivity index (χ0v) is 8.10. The number of hydrogen-bond donors (Lipinski definition) is 2. The normalized spacial score (nSPS) is 17.4. The van der Waals surface area contributed by atoms with Crippen LogP contribution in [0.2, 0.25) is 0 Å². The molecule has 0 rings (SSSR count). The van der Waals surface area contributed by atoms with Gasteiger partial charge in [0.2, 0.25) is 5.84 Å². The molecule has 1 unspecified atom stereocenters. The number of nitrogens with one attached hydrogen (secondary N) is 1. The monoisotopic (exact) mass is 209 g/mol. The van der Waals surface area contributed by atoms with E-state index in [1.807, 2.05) is 0 Å². The van der Waals surface area contributed by atoms with Crippen molar-refractivity contribution in [3.63, 3.8) is 0 Å². The minimum Gasteiger partial charge on any atom is -0.362 e. The topological polar surface area (TPSA) is 50.4 Å². The molecule has 0 radical (unpaired) electrons. The molecule has 0 amide bonds. The van der Waals surface area contributed by atoms with Gasteiger partial charge in [-0.15, -0.1) is 0 Å².